The largest absolute Gasteiger partial charge is 0.492 e. The van der Waals surface area contributed by atoms with Gasteiger partial charge in [0, 0.05) is 11.1 Å². The van der Waals surface area contributed by atoms with Gasteiger partial charge in [-0.1, -0.05) is 30.7 Å². The molecule has 0 amide bonds. The normalized spacial score (nSPS) is 11.1. The Hall–Kier alpha value is -2.32. The van der Waals surface area contributed by atoms with Crippen LogP contribution in [0, 0.1) is 10.1 Å². The van der Waals surface area contributed by atoms with Gasteiger partial charge in [0.1, 0.15) is 23.8 Å². The van der Waals surface area contributed by atoms with E-state index in [9.17, 15) is 18.5 Å². The Labute approximate surface area is 150 Å². The molecule has 25 heavy (non-hydrogen) atoms. The van der Waals surface area contributed by atoms with Crippen LogP contribution in [-0.2, 0) is 16.4 Å². The lowest BCUT2D eigenvalue weighted by Crippen LogP contribution is -2.21. The Morgan fingerprint density at radius 2 is 1.88 bits per heavy atom. The van der Waals surface area contributed by atoms with Crippen molar-refractivity contribution in [2.45, 2.75) is 13.3 Å². The molecule has 1 N–H and O–H groups in total. The fourth-order valence-corrected chi connectivity index (χ4v) is 3.13. The van der Waals surface area contributed by atoms with Gasteiger partial charge in [0.25, 0.3) is 5.69 Å². The topological polar surface area (TPSA) is 98.5 Å². The van der Waals surface area contributed by atoms with Gasteiger partial charge in [-0.15, -0.1) is 0 Å². The summed E-state index contributed by atoms with van der Waals surface area (Å²) in [4.78, 5) is 10.3. The van der Waals surface area contributed by atoms with E-state index in [-0.39, 0.29) is 28.8 Å². The molecule has 0 saturated heterocycles. The molecule has 0 radical (unpaired) electrons. The lowest BCUT2D eigenvalue weighted by atomic mass is 10.2. The van der Waals surface area contributed by atoms with E-state index < -0.39 is 14.9 Å². The SMILES string of the molecule is CCc1ccc(OCCS(=O)(=O)Nc2cc(Cl)ccc2[N+](=O)[O-])cc1. The molecule has 0 aliphatic heterocycles. The summed E-state index contributed by atoms with van der Waals surface area (Å²) in [5.41, 5.74) is 0.601. The Bertz CT molecular complexity index is 853. The van der Waals surface area contributed by atoms with E-state index in [2.05, 4.69) is 4.72 Å². The highest BCUT2D eigenvalue weighted by molar-refractivity contribution is 7.92. The third-order valence-electron chi connectivity index (χ3n) is 3.37. The van der Waals surface area contributed by atoms with Crippen LogP contribution in [0.1, 0.15) is 12.5 Å². The molecule has 0 atom stereocenters. The fraction of sp³-hybridized carbons (Fsp3) is 0.250. The van der Waals surface area contributed by atoms with E-state index in [4.69, 9.17) is 16.3 Å². The maximum Gasteiger partial charge on any atom is 0.293 e. The maximum atomic E-state index is 12.1. The minimum absolute atomic E-state index is 0.0881. The predicted molar refractivity (Wildman–Crippen MR) is 96.8 cm³/mol. The molecule has 9 heteroatoms. The number of nitro benzene ring substituents is 1. The minimum Gasteiger partial charge on any atom is -0.492 e. The molecular formula is C16H17ClN2O5S. The van der Waals surface area contributed by atoms with Crippen LogP contribution in [0.25, 0.3) is 0 Å². The van der Waals surface area contributed by atoms with Crippen LogP contribution in [0.4, 0.5) is 11.4 Å². The summed E-state index contributed by atoms with van der Waals surface area (Å²) in [7, 11) is -3.83. The zero-order chi connectivity index (χ0) is 18.4. The molecule has 2 aromatic rings. The molecule has 0 heterocycles. The molecule has 0 saturated carbocycles. The second-order valence-electron chi connectivity index (χ2n) is 5.19. The third-order valence-corrected chi connectivity index (χ3v) is 4.84. The number of nitro groups is 1. The number of hydrogen-bond donors (Lipinski definition) is 1. The first-order valence-corrected chi connectivity index (χ1v) is 9.50. The molecule has 2 aromatic carbocycles. The number of anilines is 1. The molecule has 0 unspecified atom stereocenters. The van der Waals surface area contributed by atoms with Gasteiger partial charge in [-0.3, -0.25) is 14.8 Å². The predicted octanol–water partition coefficient (Wildman–Crippen LogP) is 3.63. The van der Waals surface area contributed by atoms with Crippen molar-refractivity contribution < 1.29 is 18.1 Å². The lowest BCUT2D eigenvalue weighted by Gasteiger charge is -2.10. The zero-order valence-electron chi connectivity index (χ0n) is 13.4. The van der Waals surface area contributed by atoms with Gasteiger partial charge in [-0.25, -0.2) is 8.42 Å². The monoisotopic (exact) mass is 384 g/mol. The van der Waals surface area contributed by atoms with Gasteiger partial charge in [0.2, 0.25) is 10.0 Å². The molecule has 2 rings (SSSR count). The molecule has 7 nitrogen and oxygen atoms in total. The quantitative estimate of drug-likeness (QED) is 0.553. The van der Waals surface area contributed by atoms with Crippen LogP contribution < -0.4 is 9.46 Å². The van der Waals surface area contributed by atoms with Gasteiger partial charge < -0.3 is 4.74 Å². The maximum absolute atomic E-state index is 12.1. The van der Waals surface area contributed by atoms with Crippen molar-refractivity contribution in [2.24, 2.45) is 0 Å². The van der Waals surface area contributed by atoms with Crippen molar-refractivity contribution in [2.75, 3.05) is 17.1 Å². The number of halogens is 1. The number of nitrogens with zero attached hydrogens (tertiary/aromatic N) is 1. The molecule has 0 aliphatic carbocycles. The van der Waals surface area contributed by atoms with E-state index in [0.717, 1.165) is 18.1 Å². The number of hydrogen-bond acceptors (Lipinski definition) is 5. The molecule has 0 fully saturated rings. The van der Waals surface area contributed by atoms with Gasteiger partial charge in [-0.05, 0) is 36.2 Å². The van der Waals surface area contributed by atoms with E-state index in [1.807, 2.05) is 19.1 Å². The van der Waals surface area contributed by atoms with Crippen LogP contribution in [0.15, 0.2) is 42.5 Å². The van der Waals surface area contributed by atoms with E-state index in [1.54, 1.807) is 12.1 Å². The highest BCUT2D eigenvalue weighted by Gasteiger charge is 2.19. The minimum atomic E-state index is -3.83. The second kappa shape index (κ2) is 8.17. The van der Waals surface area contributed by atoms with Crippen LogP contribution in [0.5, 0.6) is 5.75 Å². The van der Waals surface area contributed by atoms with E-state index in [1.165, 1.54) is 12.1 Å². The third kappa shape index (κ3) is 5.61. The molecule has 134 valence electrons. The summed E-state index contributed by atoms with van der Waals surface area (Å²) in [6.07, 6.45) is 0.900. The molecule has 0 spiro atoms. The summed E-state index contributed by atoms with van der Waals surface area (Å²) < 4.78 is 31.8. The van der Waals surface area contributed by atoms with Crippen LogP contribution in [0.2, 0.25) is 5.02 Å². The number of aryl methyl sites for hydroxylation is 1. The van der Waals surface area contributed by atoms with Crippen molar-refractivity contribution >= 4 is 33.0 Å². The van der Waals surface area contributed by atoms with Crippen LogP contribution >= 0.6 is 11.6 Å². The van der Waals surface area contributed by atoms with Crippen molar-refractivity contribution in [1.29, 1.82) is 0 Å². The Morgan fingerprint density at radius 3 is 2.48 bits per heavy atom. The summed E-state index contributed by atoms with van der Waals surface area (Å²) in [5, 5.41) is 11.2. The summed E-state index contributed by atoms with van der Waals surface area (Å²) >= 11 is 5.78. The fourth-order valence-electron chi connectivity index (χ4n) is 2.06. The van der Waals surface area contributed by atoms with Crippen LogP contribution in [0.3, 0.4) is 0 Å². The molecular weight excluding hydrogens is 368 g/mol. The first-order valence-electron chi connectivity index (χ1n) is 7.47. The smallest absolute Gasteiger partial charge is 0.293 e. The van der Waals surface area contributed by atoms with Gasteiger partial charge in [0.05, 0.1) is 4.92 Å². The molecule has 0 aromatic heterocycles. The Balaban J connectivity index is 2.00. The number of benzene rings is 2. The molecule has 0 bridgehead atoms. The second-order valence-corrected chi connectivity index (χ2v) is 7.46. The standard InChI is InChI=1S/C16H17ClN2O5S/c1-2-12-3-6-14(7-4-12)24-9-10-25(22,23)18-15-11-13(17)5-8-16(15)19(20)21/h3-8,11,18H,2,9-10H2,1H3. The van der Waals surface area contributed by atoms with E-state index in [0.29, 0.717) is 5.75 Å². The van der Waals surface area contributed by atoms with Gasteiger partial charge in [0.15, 0.2) is 0 Å². The highest BCUT2D eigenvalue weighted by Crippen LogP contribution is 2.28. The Morgan fingerprint density at radius 1 is 1.20 bits per heavy atom. The van der Waals surface area contributed by atoms with Crippen LogP contribution in [-0.4, -0.2) is 25.7 Å². The number of ether oxygens (including phenoxy) is 1. The average Bonchev–Trinajstić information content (AvgIpc) is 2.54. The number of sulfonamides is 1. The van der Waals surface area contributed by atoms with Crippen molar-refractivity contribution in [3.05, 3.63) is 63.2 Å². The summed E-state index contributed by atoms with van der Waals surface area (Å²) in [6, 6.07) is 11.0. The average molecular weight is 385 g/mol. The lowest BCUT2D eigenvalue weighted by molar-refractivity contribution is -0.383. The van der Waals surface area contributed by atoms with Gasteiger partial charge in [-0.2, -0.15) is 0 Å². The summed E-state index contributed by atoms with van der Waals surface area (Å²) in [5.74, 6) is 0.202. The zero-order valence-corrected chi connectivity index (χ0v) is 15.0. The first-order chi connectivity index (χ1) is 11.8. The van der Waals surface area contributed by atoms with Gasteiger partial charge >= 0.3 is 0 Å². The summed E-state index contributed by atoms with van der Waals surface area (Å²) in [6.45, 7) is 1.94. The number of nitrogens with one attached hydrogen (secondary N) is 1. The van der Waals surface area contributed by atoms with Crippen molar-refractivity contribution in [3.63, 3.8) is 0 Å². The van der Waals surface area contributed by atoms with E-state index >= 15 is 0 Å². The number of rotatable bonds is 8. The molecule has 0 aliphatic rings. The first kappa shape index (κ1) is 19.0. The van der Waals surface area contributed by atoms with Crippen molar-refractivity contribution in [1.82, 2.24) is 0 Å². The Kier molecular flexibility index (Phi) is 6.22. The highest BCUT2D eigenvalue weighted by atomic mass is 35.5. The van der Waals surface area contributed by atoms with Crippen molar-refractivity contribution in [3.8, 4) is 5.75 Å².